The van der Waals surface area contributed by atoms with E-state index in [1.165, 1.54) is 13.1 Å². The maximum absolute atomic E-state index is 13.4. The molecule has 0 aliphatic carbocycles. The molecule has 6 rings (SSSR count). The van der Waals surface area contributed by atoms with E-state index in [9.17, 15) is 4.79 Å². The van der Waals surface area contributed by atoms with Crippen molar-refractivity contribution in [1.82, 2.24) is 0 Å². The van der Waals surface area contributed by atoms with Gasteiger partial charge in [0.15, 0.2) is 6.10 Å². The van der Waals surface area contributed by atoms with E-state index < -0.39 is 0 Å². The molecule has 0 unspecified atom stereocenters. The van der Waals surface area contributed by atoms with E-state index in [2.05, 4.69) is 6.07 Å². The second kappa shape index (κ2) is 10.6. The summed E-state index contributed by atoms with van der Waals surface area (Å²) < 4.78 is 13.2. The molecule has 0 spiro atoms. The molecule has 2 bridgehead atoms. The minimum Gasteiger partial charge on any atom is -0.493 e. The molecular formula is C28H33N2O3S+. The zero-order valence-electron chi connectivity index (χ0n) is 19.6. The Kier molecular flexibility index (Phi) is 7.16. The summed E-state index contributed by atoms with van der Waals surface area (Å²) in [6.07, 6.45) is 3.03. The minimum absolute atomic E-state index is 0.0143. The van der Waals surface area contributed by atoms with Crippen LogP contribution in [0.3, 0.4) is 0 Å². The molecule has 3 aliphatic rings. The van der Waals surface area contributed by atoms with Gasteiger partial charge in [0.25, 0.3) is 0 Å². The van der Waals surface area contributed by atoms with E-state index in [1.54, 1.807) is 16.2 Å². The lowest BCUT2D eigenvalue weighted by Crippen LogP contribution is -2.65. The molecular weight excluding hydrogens is 444 g/mol. The van der Waals surface area contributed by atoms with Gasteiger partial charge in [-0.25, -0.2) is 4.79 Å². The summed E-state index contributed by atoms with van der Waals surface area (Å²) >= 11 is 1.67. The van der Waals surface area contributed by atoms with Crippen molar-refractivity contribution in [2.24, 2.45) is 5.92 Å². The van der Waals surface area contributed by atoms with Gasteiger partial charge in [-0.05, 0) is 35.7 Å². The molecule has 1 amide bonds. The lowest BCUT2D eigenvalue weighted by Gasteiger charge is -2.52. The number of fused-ring (bicyclic) bond motifs is 3. The molecule has 0 saturated carbocycles. The SMILES string of the molecule is O=C(O[C@H]1C[N+]2(CCCOc3ccccc3)CCC1CC2)N(Cc1cccs1)c1ccccc1. The van der Waals surface area contributed by atoms with Crippen LogP contribution in [0.25, 0.3) is 0 Å². The highest BCUT2D eigenvalue weighted by Crippen LogP contribution is 2.36. The summed E-state index contributed by atoms with van der Waals surface area (Å²) in [5.74, 6) is 1.40. The normalized spacial score (nSPS) is 23.4. The topological polar surface area (TPSA) is 38.8 Å². The van der Waals surface area contributed by atoms with Crippen molar-refractivity contribution in [3.8, 4) is 5.75 Å². The molecule has 178 valence electrons. The van der Waals surface area contributed by atoms with Gasteiger partial charge in [0.05, 0.1) is 32.8 Å². The maximum Gasteiger partial charge on any atom is 0.415 e. The van der Waals surface area contributed by atoms with Gasteiger partial charge in [-0.1, -0.05) is 42.5 Å². The summed E-state index contributed by atoms with van der Waals surface area (Å²) in [6.45, 7) is 5.62. The number of amides is 1. The second-order valence-electron chi connectivity index (χ2n) is 9.47. The van der Waals surface area contributed by atoms with Crippen LogP contribution in [0.2, 0.25) is 0 Å². The lowest BCUT2D eigenvalue weighted by atomic mass is 9.83. The van der Waals surface area contributed by atoms with Crippen molar-refractivity contribution < 1.29 is 18.8 Å². The Morgan fingerprint density at radius 3 is 2.41 bits per heavy atom. The van der Waals surface area contributed by atoms with E-state index >= 15 is 0 Å². The number of carbonyl (C=O) groups excluding carboxylic acids is 1. The fourth-order valence-electron chi connectivity index (χ4n) is 5.40. The zero-order chi connectivity index (χ0) is 23.2. The highest BCUT2D eigenvalue weighted by atomic mass is 32.1. The first kappa shape index (κ1) is 22.9. The number of para-hydroxylation sites is 2. The number of benzene rings is 2. The van der Waals surface area contributed by atoms with Crippen molar-refractivity contribution >= 4 is 23.1 Å². The fourth-order valence-corrected chi connectivity index (χ4v) is 6.09. The van der Waals surface area contributed by atoms with Crippen LogP contribution >= 0.6 is 11.3 Å². The van der Waals surface area contributed by atoms with Crippen LogP contribution < -0.4 is 9.64 Å². The lowest BCUT2D eigenvalue weighted by molar-refractivity contribution is -0.946. The summed E-state index contributed by atoms with van der Waals surface area (Å²) in [5, 5.41) is 2.05. The molecule has 3 aliphatic heterocycles. The predicted molar refractivity (Wildman–Crippen MR) is 136 cm³/mol. The number of carbonyl (C=O) groups is 1. The van der Waals surface area contributed by atoms with E-state index in [0.717, 1.165) is 59.8 Å². The van der Waals surface area contributed by atoms with Gasteiger partial charge in [0.1, 0.15) is 12.3 Å². The number of rotatable bonds is 9. The Balaban J connectivity index is 1.20. The first-order valence-corrected chi connectivity index (χ1v) is 13.2. The van der Waals surface area contributed by atoms with Gasteiger partial charge in [-0.3, -0.25) is 4.90 Å². The van der Waals surface area contributed by atoms with Gasteiger partial charge in [-0.2, -0.15) is 0 Å². The first-order valence-electron chi connectivity index (χ1n) is 12.3. The molecule has 1 atom stereocenters. The number of piperidine rings is 3. The van der Waals surface area contributed by atoms with Crippen LogP contribution in [0.5, 0.6) is 5.75 Å². The monoisotopic (exact) mass is 477 g/mol. The highest BCUT2D eigenvalue weighted by molar-refractivity contribution is 7.09. The van der Waals surface area contributed by atoms with Gasteiger partial charge in [0, 0.05) is 35.7 Å². The molecule has 4 heterocycles. The third kappa shape index (κ3) is 5.45. The van der Waals surface area contributed by atoms with Crippen molar-refractivity contribution in [2.75, 3.05) is 37.7 Å². The maximum atomic E-state index is 13.4. The van der Waals surface area contributed by atoms with Gasteiger partial charge >= 0.3 is 6.09 Å². The van der Waals surface area contributed by atoms with Gasteiger partial charge in [-0.15, -0.1) is 11.3 Å². The van der Waals surface area contributed by atoms with Crippen LogP contribution in [-0.2, 0) is 11.3 Å². The molecule has 0 N–H and O–H groups in total. The van der Waals surface area contributed by atoms with Crippen LogP contribution in [-0.4, -0.2) is 49.5 Å². The van der Waals surface area contributed by atoms with E-state index in [1.807, 2.05) is 72.1 Å². The predicted octanol–water partition coefficient (Wildman–Crippen LogP) is 5.97. The van der Waals surface area contributed by atoms with Gasteiger partial charge < -0.3 is 14.0 Å². The standard InChI is InChI=1S/C28H33N2O3S/c31-28(29(21-26-13-7-20-34-26)24-9-3-1-4-10-24)33-27-22-30(17-14-23(27)15-18-30)16-8-19-32-25-11-5-2-6-12-25/h1-7,9-13,20,23,27H,8,14-19,21-22H2/q+1/t23?,27-,30?/m0/s1. The van der Waals surface area contributed by atoms with E-state index in [-0.39, 0.29) is 12.2 Å². The smallest absolute Gasteiger partial charge is 0.415 e. The van der Waals surface area contributed by atoms with Crippen molar-refractivity contribution in [3.05, 3.63) is 83.1 Å². The summed E-state index contributed by atoms with van der Waals surface area (Å²) in [6, 6.07) is 24.0. The average Bonchev–Trinajstić information content (AvgIpc) is 3.40. The summed E-state index contributed by atoms with van der Waals surface area (Å²) in [4.78, 5) is 16.3. The number of thiophene rings is 1. The van der Waals surface area contributed by atoms with Crippen molar-refractivity contribution in [3.63, 3.8) is 0 Å². The summed E-state index contributed by atoms with van der Waals surface area (Å²) in [5.41, 5.74) is 0.879. The Bertz CT molecular complexity index is 1030. The number of anilines is 1. The molecule has 2 aromatic carbocycles. The van der Waals surface area contributed by atoms with Crippen LogP contribution in [0, 0.1) is 5.92 Å². The van der Waals surface area contributed by atoms with Gasteiger partial charge in [0.2, 0.25) is 0 Å². The Hall–Kier alpha value is -2.83. The second-order valence-corrected chi connectivity index (χ2v) is 10.5. The Labute approximate surface area is 206 Å². The minimum atomic E-state index is -0.232. The molecule has 3 aromatic rings. The summed E-state index contributed by atoms with van der Waals surface area (Å²) in [7, 11) is 0. The molecule has 3 saturated heterocycles. The van der Waals surface area contributed by atoms with Crippen molar-refractivity contribution in [2.45, 2.75) is 31.9 Å². The molecule has 6 heteroatoms. The molecule has 3 fully saturated rings. The zero-order valence-corrected chi connectivity index (χ0v) is 20.4. The molecule has 5 nitrogen and oxygen atoms in total. The number of quaternary nitrogens is 1. The molecule has 1 aromatic heterocycles. The Morgan fingerprint density at radius 1 is 0.971 bits per heavy atom. The molecule has 0 radical (unpaired) electrons. The van der Waals surface area contributed by atoms with Crippen LogP contribution in [0.1, 0.15) is 24.1 Å². The largest absolute Gasteiger partial charge is 0.493 e. The number of hydrogen-bond acceptors (Lipinski definition) is 4. The van der Waals surface area contributed by atoms with E-state index in [4.69, 9.17) is 9.47 Å². The number of hydrogen-bond donors (Lipinski definition) is 0. The average molecular weight is 478 g/mol. The first-order chi connectivity index (χ1) is 16.7. The van der Waals surface area contributed by atoms with E-state index in [0.29, 0.717) is 12.5 Å². The highest BCUT2D eigenvalue weighted by Gasteiger charge is 2.47. The third-order valence-electron chi connectivity index (χ3n) is 7.26. The number of nitrogens with zero attached hydrogens (tertiary/aromatic N) is 2. The number of ether oxygens (including phenoxy) is 2. The van der Waals surface area contributed by atoms with Crippen LogP contribution in [0.4, 0.5) is 10.5 Å². The quantitative estimate of drug-likeness (QED) is 0.282. The molecule has 34 heavy (non-hydrogen) atoms. The third-order valence-corrected chi connectivity index (χ3v) is 8.13. The van der Waals surface area contributed by atoms with Crippen molar-refractivity contribution in [1.29, 1.82) is 0 Å². The Morgan fingerprint density at radius 2 is 1.71 bits per heavy atom. The van der Waals surface area contributed by atoms with Crippen LogP contribution in [0.15, 0.2) is 78.2 Å². The fraction of sp³-hybridized carbons (Fsp3) is 0.393.